The molecule has 2 bridgehead atoms. The molecule has 2 fully saturated rings. The summed E-state index contributed by atoms with van der Waals surface area (Å²) in [7, 11) is 1.21. The maximum Gasteiger partial charge on any atom is 0.337 e. The van der Waals surface area contributed by atoms with Crippen LogP contribution in [0.25, 0.3) is 0 Å². The van der Waals surface area contributed by atoms with E-state index in [2.05, 4.69) is 0 Å². The molecule has 2 amide bonds. The number of carbonyl (C=O) groups excluding carboxylic acids is 4. The average molecular weight is 327 g/mol. The number of rotatable bonds is 2. The van der Waals surface area contributed by atoms with E-state index in [0.29, 0.717) is 5.69 Å². The molecule has 0 saturated carbocycles. The topological polar surface area (TPSA) is 90.0 Å². The second kappa shape index (κ2) is 5.02. The third kappa shape index (κ3) is 1.78. The van der Waals surface area contributed by atoms with Gasteiger partial charge in [-0.15, -0.1) is 0 Å². The number of methoxy groups -OCH3 is 1. The summed E-state index contributed by atoms with van der Waals surface area (Å²) in [5.41, 5.74) is 0.563. The molecule has 7 nitrogen and oxygen atoms in total. The zero-order chi connectivity index (χ0) is 17.0. The van der Waals surface area contributed by atoms with Gasteiger partial charge in [-0.1, -0.05) is 24.3 Å². The fourth-order valence-electron chi connectivity index (χ4n) is 3.68. The van der Waals surface area contributed by atoms with E-state index in [1.165, 1.54) is 13.2 Å². The van der Waals surface area contributed by atoms with Gasteiger partial charge >= 0.3 is 11.9 Å². The number of esters is 2. The molecule has 1 aromatic rings. The Bertz CT molecular complexity index is 799. The first-order valence-electron chi connectivity index (χ1n) is 7.48. The minimum Gasteiger partial charge on any atom is -0.466 e. The third-order valence-electron chi connectivity index (χ3n) is 4.73. The fraction of sp³-hybridized carbons (Fsp3) is 0.294. The number of fused-ring (bicyclic) bond motifs is 1. The zero-order valence-corrected chi connectivity index (χ0v) is 12.7. The van der Waals surface area contributed by atoms with Crippen molar-refractivity contribution in [2.45, 2.75) is 6.10 Å². The Morgan fingerprint density at radius 3 is 2.42 bits per heavy atom. The largest absolute Gasteiger partial charge is 0.466 e. The Morgan fingerprint density at radius 2 is 1.75 bits per heavy atom. The molecule has 5 rings (SSSR count). The number of amides is 2. The van der Waals surface area contributed by atoms with E-state index in [0.717, 1.165) is 4.90 Å². The highest BCUT2D eigenvalue weighted by atomic mass is 16.6. The van der Waals surface area contributed by atoms with Crippen LogP contribution in [0.5, 0.6) is 0 Å². The van der Waals surface area contributed by atoms with E-state index in [-0.39, 0.29) is 5.57 Å². The monoisotopic (exact) mass is 327 g/mol. The number of ether oxygens (including phenoxy) is 2. The second-order valence-corrected chi connectivity index (χ2v) is 5.90. The van der Waals surface area contributed by atoms with E-state index >= 15 is 0 Å². The van der Waals surface area contributed by atoms with E-state index in [1.54, 1.807) is 30.3 Å². The molecule has 24 heavy (non-hydrogen) atoms. The van der Waals surface area contributed by atoms with Gasteiger partial charge in [0.2, 0.25) is 11.8 Å². The SMILES string of the molecule is COC(=O)C1=C[C@@H]2C(=O)O[C@H]1[C@H]1C(=O)N(c3ccccc3)C(=O)[C@H]12. The highest BCUT2D eigenvalue weighted by Crippen LogP contribution is 2.48. The number of benzene rings is 1. The Labute approximate surface area is 136 Å². The molecule has 7 heteroatoms. The molecular formula is C17H13NO6. The number of nitrogens with zero attached hydrogens (tertiary/aromatic N) is 1. The fourth-order valence-corrected chi connectivity index (χ4v) is 3.68. The molecule has 3 aliphatic heterocycles. The Hall–Kier alpha value is -2.96. The van der Waals surface area contributed by atoms with Crippen molar-refractivity contribution in [2.75, 3.05) is 12.0 Å². The highest BCUT2D eigenvalue weighted by Gasteiger charge is 2.64. The molecule has 4 aliphatic rings. The molecule has 122 valence electrons. The van der Waals surface area contributed by atoms with Crippen molar-refractivity contribution in [1.82, 2.24) is 0 Å². The van der Waals surface area contributed by atoms with Crippen molar-refractivity contribution in [2.24, 2.45) is 17.8 Å². The summed E-state index contributed by atoms with van der Waals surface area (Å²) in [6.07, 6.45) is 0.327. The molecule has 1 aromatic carbocycles. The molecule has 0 N–H and O–H groups in total. The first-order chi connectivity index (χ1) is 11.5. The molecular weight excluding hydrogens is 314 g/mol. The number of hydrogen-bond acceptors (Lipinski definition) is 6. The summed E-state index contributed by atoms with van der Waals surface area (Å²) in [5.74, 6) is -4.83. The predicted molar refractivity (Wildman–Crippen MR) is 79.4 cm³/mol. The van der Waals surface area contributed by atoms with Gasteiger partial charge in [0, 0.05) is 0 Å². The maximum absolute atomic E-state index is 12.8. The lowest BCUT2D eigenvalue weighted by Gasteiger charge is -2.39. The zero-order valence-electron chi connectivity index (χ0n) is 12.7. The number of imide groups is 1. The van der Waals surface area contributed by atoms with E-state index in [9.17, 15) is 19.2 Å². The van der Waals surface area contributed by atoms with Crippen molar-refractivity contribution >= 4 is 29.4 Å². The van der Waals surface area contributed by atoms with E-state index < -0.39 is 47.6 Å². The van der Waals surface area contributed by atoms with Gasteiger partial charge in [-0.05, 0) is 12.1 Å². The lowest BCUT2D eigenvalue weighted by molar-refractivity contribution is -0.171. The summed E-state index contributed by atoms with van der Waals surface area (Å²) >= 11 is 0. The molecule has 0 spiro atoms. The van der Waals surface area contributed by atoms with Crippen LogP contribution in [0.15, 0.2) is 42.0 Å². The smallest absolute Gasteiger partial charge is 0.337 e. The molecule has 0 radical (unpaired) electrons. The van der Waals surface area contributed by atoms with Gasteiger partial charge in [-0.3, -0.25) is 14.4 Å². The number of para-hydroxylation sites is 1. The van der Waals surface area contributed by atoms with E-state index in [4.69, 9.17) is 9.47 Å². The summed E-state index contributed by atoms with van der Waals surface area (Å²) < 4.78 is 9.92. The first-order valence-corrected chi connectivity index (χ1v) is 7.48. The van der Waals surface area contributed by atoms with Gasteiger partial charge in [-0.2, -0.15) is 0 Å². The molecule has 0 aromatic heterocycles. The third-order valence-corrected chi connectivity index (χ3v) is 4.73. The predicted octanol–water partition coefficient (Wildman–Crippen LogP) is 0.447. The Morgan fingerprint density at radius 1 is 1.08 bits per heavy atom. The Balaban J connectivity index is 1.79. The van der Waals surface area contributed by atoms with Crippen molar-refractivity contribution in [1.29, 1.82) is 0 Å². The molecule has 3 heterocycles. The summed E-state index contributed by atoms with van der Waals surface area (Å²) in [4.78, 5) is 50.6. The van der Waals surface area contributed by atoms with Crippen LogP contribution in [0.3, 0.4) is 0 Å². The lowest BCUT2D eigenvalue weighted by Crippen LogP contribution is -2.52. The van der Waals surface area contributed by atoms with Crippen molar-refractivity contribution in [3.8, 4) is 0 Å². The van der Waals surface area contributed by atoms with Crippen LogP contribution in [-0.2, 0) is 28.7 Å². The average Bonchev–Trinajstić information content (AvgIpc) is 2.87. The van der Waals surface area contributed by atoms with Gasteiger partial charge in [0.15, 0.2) is 0 Å². The normalized spacial score (nSPS) is 30.8. The van der Waals surface area contributed by atoms with Crippen LogP contribution in [0, 0.1) is 17.8 Å². The number of anilines is 1. The number of carbonyl (C=O) groups is 4. The highest BCUT2D eigenvalue weighted by molar-refractivity contribution is 6.24. The minimum absolute atomic E-state index is 0.124. The lowest BCUT2D eigenvalue weighted by atomic mass is 9.70. The number of hydrogen-bond donors (Lipinski definition) is 0. The molecule has 2 saturated heterocycles. The quantitative estimate of drug-likeness (QED) is 0.578. The van der Waals surface area contributed by atoms with Gasteiger partial charge in [0.1, 0.15) is 6.10 Å². The van der Waals surface area contributed by atoms with Crippen LogP contribution in [0.4, 0.5) is 5.69 Å². The second-order valence-electron chi connectivity index (χ2n) is 5.90. The first kappa shape index (κ1) is 14.6. The van der Waals surface area contributed by atoms with Crippen LogP contribution in [0.2, 0.25) is 0 Å². The van der Waals surface area contributed by atoms with Crippen molar-refractivity contribution in [3.05, 3.63) is 42.0 Å². The van der Waals surface area contributed by atoms with Crippen molar-refractivity contribution in [3.63, 3.8) is 0 Å². The van der Waals surface area contributed by atoms with Crippen molar-refractivity contribution < 1.29 is 28.7 Å². The molecule has 0 unspecified atom stereocenters. The molecule has 1 aliphatic carbocycles. The van der Waals surface area contributed by atoms with Gasteiger partial charge < -0.3 is 9.47 Å². The van der Waals surface area contributed by atoms with Crippen LogP contribution >= 0.6 is 0 Å². The maximum atomic E-state index is 12.8. The minimum atomic E-state index is -1.08. The van der Waals surface area contributed by atoms with Crippen LogP contribution in [0.1, 0.15) is 0 Å². The van der Waals surface area contributed by atoms with E-state index in [1.807, 2.05) is 0 Å². The van der Waals surface area contributed by atoms with Gasteiger partial charge in [0.25, 0.3) is 0 Å². The summed E-state index contributed by atoms with van der Waals surface area (Å²) in [5, 5.41) is 0. The Kier molecular flexibility index (Phi) is 3.06. The standard InChI is InChI=1S/C17H13NO6/c1-23-16(21)10-7-9-11-12(13(10)24-17(9)22)15(20)18(14(11)19)8-5-3-2-4-6-8/h2-7,9,11-13H,1H3/t9-,11-,12-,13+/m0/s1. The summed E-state index contributed by atoms with van der Waals surface area (Å²) in [6, 6.07) is 8.49. The molecule has 4 atom stereocenters. The van der Waals surface area contributed by atoms with Crippen LogP contribution < -0.4 is 4.90 Å². The summed E-state index contributed by atoms with van der Waals surface area (Å²) in [6.45, 7) is 0. The van der Waals surface area contributed by atoms with Crippen LogP contribution in [-0.4, -0.2) is 37.0 Å². The van der Waals surface area contributed by atoms with Gasteiger partial charge in [0.05, 0.1) is 36.1 Å². The van der Waals surface area contributed by atoms with Gasteiger partial charge in [-0.25, -0.2) is 9.69 Å².